The van der Waals surface area contributed by atoms with Crippen molar-refractivity contribution in [1.82, 2.24) is 15.1 Å². The van der Waals surface area contributed by atoms with Gasteiger partial charge in [-0.1, -0.05) is 30.3 Å². The molecule has 0 bridgehead atoms. The van der Waals surface area contributed by atoms with Crippen LogP contribution in [0, 0.1) is 16.7 Å². The van der Waals surface area contributed by atoms with Gasteiger partial charge in [0.15, 0.2) is 0 Å². The molecule has 0 unspecified atom stereocenters. The third-order valence-corrected chi connectivity index (χ3v) is 6.68. The Morgan fingerprint density at radius 3 is 2.50 bits per heavy atom. The van der Waals surface area contributed by atoms with Crippen LogP contribution in [-0.2, 0) is 15.1 Å². The molecule has 1 aliphatic carbocycles. The van der Waals surface area contributed by atoms with Gasteiger partial charge in [-0.05, 0) is 50.8 Å². The van der Waals surface area contributed by atoms with Crippen LogP contribution in [0.5, 0.6) is 0 Å². The van der Waals surface area contributed by atoms with E-state index in [0.717, 1.165) is 32.2 Å². The van der Waals surface area contributed by atoms with Crippen molar-refractivity contribution in [2.24, 2.45) is 5.41 Å². The lowest BCUT2D eigenvalue weighted by atomic mass is 9.64. The van der Waals surface area contributed by atoms with E-state index in [-0.39, 0.29) is 35.7 Å². The fraction of sp³-hybridized carbons (Fsp3) is 0.591. The highest BCUT2D eigenvalue weighted by Crippen LogP contribution is 2.52. The first-order valence-electron chi connectivity index (χ1n) is 10.1. The molecule has 3 rings (SSSR count). The highest BCUT2D eigenvalue weighted by Gasteiger charge is 2.50. The molecule has 6 nitrogen and oxygen atoms in total. The van der Waals surface area contributed by atoms with Crippen molar-refractivity contribution in [1.29, 1.82) is 5.26 Å². The minimum absolute atomic E-state index is 0.0167. The van der Waals surface area contributed by atoms with Gasteiger partial charge in [0, 0.05) is 31.5 Å². The van der Waals surface area contributed by atoms with Crippen molar-refractivity contribution < 1.29 is 9.59 Å². The van der Waals surface area contributed by atoms with Crippen LogP contribution in [0.4, 0.5) is 0 Å². The number of hydrogen-bond donors (Lipinski definition) is 1. The second-order valence-electron chi connectivity index (χ2n) is 8.47. The maximum Gasteiger partial charge on any atom is 0.223 e. The molecule has 150 valence electrons. The minimum Gasteiger partial charge on any atom is -0.343 e. The van der Waals surface area contributed by atoms with Crippen molar-refractivity contribution in [3.63, 3.8) is 0 Å². The van der Waals surface area contributed by atoms with Crippen LogP contribution >= 0.6 is 0 Å². The van der Waals surface area contributed by atoms with E-state index >= 15 is 0 Å². The maximum absolute atomic E-state index is 12.6. The number of amides is 2. The fourth-order valence-electron chi connectivity index (χ4n) is 4.92. The van der Waals surface area contributed by atoms with Crippen LogP contribution in [0.3, 0.4) is 0 Å². The van der Waals surface area contributed by atoms with Gasteiger partial charge in [-0.25, -0.2) is 0 Å². The van der Waals surface area contributed by atoms with Gasteiger partial charge in [0.2, 0.25) is 11.8 Å². The van der Waals surface area contributed by atoms with Crippen molar-refractivity contribution in [3.05, 3.63) is 35.9 Å². The summed E-state index contributed by atoms with van der Waals surface area (Å²) < 4.78 is 0. The number of nitrogens with one attached hydrogen (secondary N) is 1. The van der Waals surface area contributed by atoms with E-state index in [9.17, 15) is 9.59 Å². The van der Waals surface area contributed by atoms with Gasteiger partial charge >= 0.3 is 0 Å². The standard InChI is InChI=1S/C22H30N4O2/c1-25(2)22(18-6-4-3-5-7-18)11-9-21(10-12-22)16-20(28)26(17-21)15-8-19(27)24-14-13-23/h3-7H,8-12,14-17H2,1-2H3,(H,24,27)/t21-,22-. The molecule has 1 heterocycles. The lowest BCUT2D eigenvalue weighted by Gasteiger charge is -2.48. The second kappa shape index (κ2) is 8.32. The van der Waals surface area contributed by atoms with Crippen LogP contribution < -0.4 is 5.32 Å². The van der Waals surface area contributed by atoms with Crippen LogP contribution in [0.15, 0.2) is 30.3 Å². The first kappa shape index (κ1) is 20.3. The topological polar surface area (TPSA) is 76.4 Å². The first-order chi connectivity index (χ1) is 13.4. The summed E-state index contributed by atoms with van der Waals surface area (Å²) in [6.07, 6.45) is 4.95. The van der Waals surface area contributed by atoms with Crippen molar-refractivity contribution in [2.45, 2.75) is 44.1 Å². The summed E-state index contributed by atoms with van der Waals surface area (Å²) in [5.41, 5.74) is 1.42. The lowest BCUT2D eigenvalue weighted by Crippen LogP contribution is -2.47. The maximum atomic E-state index is 12.6. The SMILES string of the molecule is CN(C)[C@]1(c2ccccc2)CC[C@@]2(CC1)CC(=O)N(CCC(=O)NCC#N)C2. The van der Waals surface area contributed by atoms with Crippen molar-refractivity contribution in [3.8, 4) is 6.07 Å². The van der Waals surface area contributed by atoms with E-state index in [4.69, 9.17) is 5.26 Å². The monoisotopic (exact) mass is 382 g/mol. The summed E-state index contributed by atoms with van der Waals surface area (Å²) in [6.45, 7) is 1.20. The molecule has 2 aliphatic rings. The summed E-state index contributed by atoms with van der Waals surface area (Å²) in [5, 5.41) is 11.1. The largest absolute Gasteiger partial charge is 0.343 e. The number of nitriles is 1. The zero-order chi connectivity index (χ0) is 20.2. The number of carbonyl (C=O) groups is 2. The van der Waals surface area contributed by atoms with Crippen molar-refractivity contribution >= 4 is 11.8 Å². The lowest BCUT2D eigenvalue weighted by molar-refractivity contribution is -0.128. The fourth-order valence-corrected chi connectivity index (χ4v) is 4.92. The van der Waals surface area contributed by atoms with Crippen LogP contribution in [0.25, 0.3) is 0 Å². The molecule has 1 aromatic rings. The van der Waals surface area contributed by atoms with Crippen LogP contribution in [0.1, 0.15) is 44.1 Å². The van der Waals surface area contributed by atoms with E-state index in [1.807, 2.05) is 11.0 Å². The summed E-state index contributed by atoms with van der Waals surface area (Å²) in [5.74, 6) is -0.0141. The normalized spacial score (nSPS) is 27.2. The third-order valence-electron chi connectivity index (χ3n) is 6.68. The average Bonchev–Trinajstić information content (AvgIpc) is 3.01. The Balaban J connectivity index is 1.63. The first-order valence-corrected chi connectivity index (χ1v) is 10.1. The Kier molecular flexibility index (Phi) is 6.04. The van der Waals surface area contributed by atoms with Crippen LogP contribution in [-0.4, -0.2) is 55.3 Å². The summed E-state index contributed by atoms with van der Waals surface area (Å²) in [4.78, 5) is 28.5. The highest BCUT2D eigenvalue weighted by molar-refractivity contribution is 5.81. The Morgan fingerprint density at radius 2 is 1.89 bits per heavy atom. The van der Waals surface area contributed by atoms with Gasteiger partial charge in [-0.15, -0.1) is 0 Å². The van der Waals surface area contributed by atoms with Gasteiger partial charge in [0.05, 0.1) is 6.07 Å². The van der Waals surface area contributed by atoms with Gasteiger partial charge in [-0.3, -0.25) is 14.5 Å². The third kappa shape index (κ3) is 4.05. The molecule has 1 N–H and O–H groups in total. The number of nitrogens with zero attached hydrogens (tertiary/aromatic N) is 3. The predicted octanol–water partition coefficient (Wildman–Crippen LogP) is 2.27. The molecular formula is C22H30N4O2. The Morgan fingerprint density at radius 1 is 1.21 bits per heavy atom. The van der Waals surface area contributed by atoms with Gasteiger partial charge in [0.25, 0.3) is 0 Å². The molecule has 6 heteroatoms. The van der Waals surface area contributed by atoms with Gasteiger partial charge in [0.1, 0.15) is 6.54 Å². The molecule has 1 aliphatic heterocycles. The molecule has 1 saturated carbocycles. The summed E-state index contributed by atoms with van der Waals surface area (Å²) in [7, 11) is 4.30. The Hall–Kier alpha value is -2.39. The zero-order valence-electron chi connectivity index (χ0n) is 16.9. The highest BCUT2D eigenvalue weighted by atomic mass is 16.2. The molecule has 2 amide bonds. The van der Waals surface area contributed by atoms with E-state index in [1.54, 1.807) is 0 Å². The van der Waals surface area contributed by atoms with E-state index in [0.29, 0.717) is 13.0 Å². The second-order valence-corrected chi connectivity index (χ2v) is 8.47. The molecule has 1 spiro atoms. The minimum atomic E-state index is -0.172. The molecule has 28 heavy (non-hydrogen) atoms. The van der Waals surface area contributed by atoms with E-state index in [2.05, 4.69) is 54.6 Å². The number of rotatable bonds is 6. The average molecular weight is 383 g/mol. The van der Waals surface area contributed by atoms with Gasteiger partial charge in [-0.2, -0.15) is 5.26 Å². The van der Waals surface area contributed by atoms with E-state index < -0.39 is 0 Å². The molecular weight excluding hydrogens is 352 g/mol. The smallest absolute Gasteiger partial charge is 0.223 e. The molecule has 0 atom stereocenters. The summed E-state index contributed by atoms with van der Waals surface area (Å²) >= 11 is 0. The molecule has 1 saturated heterocycles. The Bertz CT molecular complexity index is 746. The number of carbonyl (C=O) groups excluding carboxylic acids is 2. The zero-order valence-corrected chi connectivity index (χ0v) is 16.9. The molecule has 2 fully saturated rings. The molecule has 0 aromatic heterocycles. The number of benzene rings is 1. The Labute approximate surface area is 167 Å². The molecule has 1 aromatic carbocycles. The van der Waals surface area contributed by atoms with Crippen molar-refractivity contribution in [2.75, 3.05) is 33.7 Å². The quantitative estimate of drug-likeness (QED) is 0.766. The number of hydrogen-bond acceptors (Lipinski definition) is 4. The summed E-state index contributed by atoms with van der Waals surface area (Å²) in [6, 6.07) is 12.6. The predicted molar refractivity (Wildman–Crippen MR) is 107 cm³/mol. The van der Waals surface area contributed by atoms with Crippen LogP contribution in [0.2, 0.25) is 0 Å². The number of likely N-dealkylation sites (tertiary alicyclic amines) is 1. The van der Waals surface area contributed by atoms with Gasteiger partial charge < -0.3 is 10.2 Å². The van der Waals surface area contributed by atoms with E-state index in [1.165, 1.54) is 5.56 Å². The molecule has 0 radical (unpaired) electrons.